The van der Waals surface area contributed by atoms with E-state index in [4.69, 9.17) is 4.74 Å². The first kappa shape index (κ1) is 17.0. The molecule has 0 radical (unpaired) electrons. The van der Waals surface area contributed by atoms with Gasteiger partial charge in [-0.2, -0.15) is 0 Å². The molecule has 6 heteroatoms. The van der Waals surface area contributed by atoms with Gasteiger partial charge in [0.05, 0.1) is 24.6 Å². The highest BCUT2D eigenvalue weighted by Gasteiger charge is 2.14. The van der Waals surface area contributed by atoms with Crippen LogP contribution < -0.4 is 10.1 Å². The summed E-state index contributed by atoms with van der Waals surface area (Å²) in [5.74, 6) is 0.268. The minimum absolute atomic E-state index is 0.227. The van der Waals surface area contributed by atoms with E-state index in [0.29, 0.717) is 22.2 Å². The quantitative estimate of drug-likeness (QED) is 0.746. The molecule has 25 heavy (non-hydrogen) atoms. The fraction of sp³-hybridized carbons (Fsp3) is 0.105. The van der Waals surface area contributed by atoms with E-state index in [-0.39, 0.29) is 5.91 Å². The largest absolute Gasteiger partial charge is 0.481 e. The maximum Gasteiger partial charge on any atom is 0.258 e. The number of carbonyl (C=O) groups excluding carboxylic acids is 1. The van der Waals surface area contributed by atoms with Gasteiger partial charge in [-0.3, -0.25) is 4.79 Å². The minimum Gasteiger partial charge on any atom is -0.481 e. The molecule has 0 spiro atoms. The number of amides is 1. The molecule has 0 saturated carbocycles. The highest BCUT2D eigenvalue weighted by atomic mass is 32.2. The van der Waals surface area contributed by atoms with Crippen molar-refractivity contribution in [3.8, 4) is 5.88 Å². The molecule has 5 nitrogen and oxygen atoms in total. The molecule has 0 aliphatic carbocycles. The average Bonchev–Trinajstić information content (AvgIpc) is 2.64. The zero-order valence-corrected chi connectivity index (χ0v) is 14.7. The number of nitrogens with one attached hydrogen (secondary N) is 1. The number of ether oxygens (including phenoxy) is 1. The third-order valence-electron chi connectivity index (χ3n) is 3.45. The number of hydrogen-bond acceptors (Lipinski definition) is 5. The topological polar surface area (TPSA) is 64.1 Å². The van der Waals surface area contributed by atoms with Crippen LogP contribution in [0.25, 0.3) is 0 Å². The first-order chi connectivity index (χ1) is 12.2. The van der Waals surface area contributed by atoms with Gasteiger partial charge in [0.2, 0.25) is 5.88 Å². The number of aryl methyl sites for hydroxylation is 1. The van der Waals surface area contributed by atoms with Crippen molar-refractivity contribution in [3.05, 3.63) is 72.1 Å². The van der Waals surface area contributed by atoms with Gasteiger partial charge < -0.3 is 10.1 Å². The van der Waals surface area contributed by atoms with E-state index in [1.165, 1.54) is 17.3 Å². The lowest BCUT2D eigenvalue weighted by Crippen LogP contribution is -2.13. The number of pyridine rings is 2. The Morgan fingerprint density at radius 2 is 1.88 bits per heavy atom. The highest BCUT2D eigenvalue weighted by Crippen LogP contribution is 2.29. The summed E-state index contributed by atoms with van der Waals surface area (Å²) in [6.45, 7) is 2.04. The molecule has 1 aromatic carbocycles. The predicted octanol–water partition coefficient (Wildman–Crippen LogP) is 4.20. The van der Waals surface area contributed by atoms with Crippen LogP contribution in [0.3, 0.4) is 0 Å². The molecule has 3 aromatic rings. The smallest absolute Gasteiger partial charge is 0.258 e. The summed E-state index contributed by atoms with van der Waals surface area (Å²) in [4.78, 5) is 22.1. The molecule has 126 valence electrons. The SMILES string of the molecule is COc1ccc(NC(=O)c2cccnc2Sc2ccc(C)cc2)cn1. The molecule has 3 rings (SSSR count). The number of aromatic nitrogens is 2. The molecule has 0 saturated heterocycles. The molecule has 2 heterocycles. The Morgan fingerprint density at radius 3 is 2.56 bits per heavy atom. The van der Waals surface area contributed by atoms with Crippen LogP contribution in [0, 0.1) is 6.92 Å². The van der Waals surface area contributed by atoms with Gasteiger partial charge in [0.25, 0.3) is 5.91 Å². The number of anilines is 1. The zero-order chi connectivity index (χ0) is 17.6. The van der Waals surface area contributed by atoms with E-state index >= 15 is 0 Å². The van der Waals surface area contributed by atoms with Gasteiger partial charge in [0.15, 0.2) is 0 Å². The van der Waals surface area contributed by atoms with Gasteiger partial charge >= 0.3 is 0 Å². The van der Waals surface area contributed by atoms with Crippen molar-refractivity contribution in [2.75, 3.05) is 12.4 Å². The first-order valence-electron chi connectivity index (χ1n) is 7.66. The fourth-order valence-corrected chi connectivity index (χ4v) is 3.02. The number of benzene rings is 1. The van der Waals surface area contributed by atoms with Gasteiger partial charge in [0.1, 0.15) is 5.03 Å². The normalized spacial score (nSPS) is 10.3. The van der Waals surface area contributed by atoms with E-state index in [2.05, 4.69) is 15.3 Å². The lowest BCUT2D eigenvalue weighted by atomic mass is 10.2. The van der Waals surface area contributed by atoms with Crippen molar-refractivity contribution in [3.63, 3.8) is 0 Å². The predicted molar refractivity (Wildman–Crippen MR) is 98.3 cm³/mol. The fourth-order valence-electron chi connectivity index (χ4n) is 2.14. The van der Waals surface area contributed by atoms with Crippen LogP contribution in [0.5, 0.6) is 5.88 Å². The molecule has 0 bridgehead atoms. The number of rotatable bonds is 5. The monoisotopic (exact) mass is 351 g/mol. The summed E-state index contributed by atoms with van der Waals surface area (Å²) in [7, 11) is 1.55. The summed E-state index contributed by atoms with van der Waals surface area (Å²) in [6, 6.07) is 15.1. The van der Waals surface area contributed by atoms with Gasteiger partial charge in [-0.05, 0) is 37.3 Å². The number of hydrogen-bond donors (Lipinski definition) is 1. The molecule has 2 aromatic heterocycles. The van der Waals surface area contributed by atoms with Crippen molar-refractivity contribution in [1.82, 2.24) is 9.97 Å². The molecule has 1 amide bonds. The van der Waals surface area contributed by atoms with Gasteiger partial charge in [0, 0.05) is 17.2 Å². The lowest BCUT2D eigenvalue weighted by molar-refractivity contribution is 0.102. The second-order valence-corrected chi connectivity index (χ2v) is 6.38. The van der Waals surface area contributed by atoms with Crippen LogP contribution in [0.2, 0.25) is 0 Å². The average molecular weight is 351 g/mol. The third-order valence-corrected chi connectivity index (χ3v) is 4.48. The molecular weight excluding hydrogens is 334 g/mol. The standard InChI is InChI=1S/C19H17N3O2S/c1-13-5-8-15(9-6-13)25-19-16(4-3-11-20-19)18(23)22-14-7-10-17(24-2)21-12-14/h3-12H,1-2H3,(H,22,23). The van der Waals surface area contributed by atoms with Crippen molar-refractivity contribution in [1.29, 1.82) is 0 Å². The van der Waals surface area contributed by atoms with Crippen molar-refractivity contribution in [2.45, 2.75) is 16.8 Å². The number of nitrogens with zero attached hydrogens (tertiary/aromatic N) is 2. The van der Waals surface area contributed by atoms with Crippen molar-refractivity contribution in [2.24, 2.45) is 0 Å². The van der Waals surface area contributed by atoms with Crippen LogP contribution >= 0.6 is 11.8 Å². The Balaban J connectivity index is 1.79. The van der Waals surface area contributed by atoms with Crippen LogP contribution in [-0.2, 0) is 0 Å². The third kappa shape index (κ3) is 4.36. The van der Waals surface area contributed by atoms with Gasteiger partial charge in [-0.25, -0.2) is 9.97 Å². The highest BCUT2D eigenvalue weighted by molar-refractivity contribution is 7.99. The molecule has 0 unspecified atom stereocenters. The molecule has 1 N–H and O–H groups in total. The van der Waals surface area contributed by atoms with Crippen LogP contribution in [-0.4, -0.2) is 23.0 Å². The maximum absolute atomic E-state index is 12.6. The maximum atomic E-state index is 12.6. The number of carbonyl (C=O) groups is 1. The summed E-state index contributed by atoms with van der Waals surface area (Å²) in [6.07, 6.45) is 3.24. The summed E-state index contributed by atoms with van der Waals surface area (Å²) >= 11 is 1.46. The number of methoxy groups -OCH3 is 1. The summed E-state index contributed by atoms with van der Waals surface area (Å²) < 4.78 is 5.02. The zero-order valence-electron chi connectivity index (χ0n) is 13.9. The Hall–Kier alpha value is -2.86. The van der Waals surface area contributed by atoms with E-state index < -0.39 is 0 Å². The van der Waals surface area contributed by atoms with Crippen LogP contribution in [0.15, 0.2) is 70.8 Å². The second kappa shape index (κ2) is 7.81. The molecule has 0 aliphatic heterocycles. The Kier molecular flexibility index (Phi) is 5.30. The van der Waals surface area contributed by atoms with E-state index in [0.717, 1.165) is 4.90 Å². The lowest BCUT2D eigenvalue weighted by Gasteiger charge is -2.09. The Labute approximate surface area is 150 Å². The van der Waals surface area contributed by atoms with Gasteiger partial charge in [-0.1, -0.05) is 29.5 Å². The molecule has 0 atom stereocenters. The van der Waals surface area contributed by atoms with E-state index in [9.17, 15) is 4.79 Å². The van der Waals surface area contributed by atoms with E-state index in [1.807, 2.05) is 31.2 Å². The van der Waals surface area contributed by atoms with Crippen molar-refractivity contribution >= 4 is 23.4 Å². The van der Waals surface area contributed by atoms with Gasteiger partial charge in [-0.15, -0.1) is 0 Å². The molecular formula is C19H17N3O2S. The molecule has 0 aliphatic rings. The second-order valence-electron chi connectivity index (χ2n) is 5.31. The molecule has 0 fully saturated rings. The Bertz CT molecular complexity index is 865. The summed E-state index contributed by atoms with van der Waals surface area (Å²) in [5.41, 5.74) is 2.31. The van der Waals surface area contributed by atoms with E-state index in [1.54, 1.807) is 43.8 Å². The summed E-state index contributed by atoms with van der Waals surface area (Å²) in [5, 5.41) is 3.49. The Morgan fingerprint density at radius 1 is 1.08 bits per heavy atom. The van der Waals surface area contributed by atoms with Crippen LogP contribution in [0.4, 0.5) is 5.69 Å². The van der Waals surface area contributed by atoms with Crippen molar-refractivity contribution < 1.29 is 9.53 Å². The van der Waals surface area contributed by atoms with Crippen LogP contribution in [0.1, 0.15) is 15.9 Å². The minimum atomic E-state index is -0.227. The first-order valence-corrected chi connectivity index (χ1v) is 8.48.